The molecule has 0 aliphatic carbocycles. The fourth-order valence-electron chi connectivity index (χ4n) is 2.76. The van der Waals surface area contributed by atoms with Crippen LogP contribution in [0.3, 0.4) is 0 Å². The summed E-state index contributed by atoms with van der Waals surface area (Å²) in [5.74, 6) is 1.72. The molecule has 0 fully saturated rings. The molecule has 2 aromatic rings. The summed E-state index contributed by atoms with van der Waals surface area (Å²) in [4.78, 5) is 9.35. The largest absolute Gasteiger partial charge is 0.379 e. The molecule has 0 bridgehead atoms. The van der Waals surface area contributed by atoms with E-state index in [0.29, 0.717) is 13.1 Å². The van der Waals surface area contributed by atoms with E-state index < -0.39 is 0 Å². The number of hydrogen-bond donors (Lipinski definition) is 2. The second kappa shape index (κ2) is 8.34. The molecule has 0 radical (unpaired) electrons. The molecule has 6 heteroatoms. The van der Waals surface area contributed by atoms with Crippen molar-refractivity contribution in [3.63, 3.8) is 0 Å². The molecule has 2 N–H and O–H groups in total. The summed E-state index contributed by atoms with van der Waals surface area (Å²) in [5.41, 5.74) is 2.19. The predicted molar refractivity (Wildman–Crippen MR) is 104 cm³/mol. The number of aromatic nitrogens is 2. The molecule has 0 spiro atoms. The highest BCUT2D eigenvalue weighted by Gasteiger charge is 2.24. The van der Waals surface area contributed by atoms with Crippen LogP contribution in [-0.2, 0) is 18.3 Å². The number of guanidine groups is 1. The van der Waals surface area contributed by atoms with Crippen molar-refractivity contribution < 1.29 is 4.74 Å². The number of ether oxygens (including phenoxy) is 1. The molecule has 0 aliphatic rings. The Morgan fingerprint density at radius 3 is 2.60 bits per heavy atom. The third-order valence-electron chi connectivity index (χ3n) is 4.31. The van der Waals surface area contributed by atoms with Crippen LogP contribution in [0, 0.1) is 5.41 Å². The Labute approximate surface area is 150 Å². The third kappa shape index (κ3) is 4.95. The van der Waals surface area contributed by atoms with Gasteiger partial charge in [0.1, 0.15) is 12.4 Å². The third-order valence-corrected chi connectivity index (χ3v) is 4.31. The molecule has 0 amide bonds. The van der Waals surface area contributed by atoms with Crippen LogP contribution in [0.1, 0.15) is 33.5 Å². The molecule has 138 valence electrons. The number of aliphatic imine (C=N–C) groups is 1. The van der Waals surface area contributed by atoms with Crippen molar-refractivity contribution >= 4 is 17.0 Å². The SMILES string of the molecule is CCNC(=NCc1nc2ccccc2n1C)NCC(OC)C(C)(C)C. The molecule has 1 unspecified atom stereocenters. The monoisotopic (exact) mass is 345 g/mol. The van der Waals surface area contributed by atoms with Gasteiger partial charge in [-0.25, -0.2) is 9.98 Å². The molecule has 0 aliphatic heterocycles. The maximum absolute atomic E-state index is 5.60. The molecule has 0 saturated heterocycles. The molecule has 1 aromatic carbocycles. The Hall–Kier alpha value is -2.08. The molecule has 0 saturated carbocycles. The Balaban J connectivity index is 2.09. The minimum Gasteiger partial charge on any atom is -0.379 e. The van der Waals surface area contributed by atoms with Crippen LogP contribution in [0.5, 0.6) is 0 Å². The standard InChI is InChI=1S/C19H31N5O/c1-7-20-18(21-12-16(25-6)19(2,3)4)22-13-17-23-14-10-8-9-11-15(14)24(17)5/h8-11,16H,7,12-13H2,1-6H3,(H2,20,21,22). The molecular weight excluding hydrogens is 314 g/mol. The van der Waals surface area contributed by atoms with E-state index in [4.69, 9.17) is 4.74 Å². The second-order valence-corrected chi connectivity index (χ2v) is 7.24. The molecule has 1 atom stereocenters. The molecule has 1 aromatic heterocycles. The minimum absolute atomic E-state index is 0.0659. The van der Waals surface area contributed by atoms with E-state index in [9.17, 15) is 0 Å². The van der Waals surface area contributed by atoms with Gasteiger partial charge in [-0.1, -0.05) is 32.9 Å². The molecule has 2 rings (SSSR count). The number of nitrogens with zero attached hydrogens (tertiary/aromatic N) is 3. The lowest BCUT2D eigenvalue weighted by Crippen LogP contribution is -2.45. The normalized spacial score (nSPS) is 13.9. The van der Waals surface area contributed by atoms with Gasteiger partial charge in [0, 0.05) is 27.2 Å². The van der Waals surface area contributed by atoms with Gasteiger partial charge in [0.2, 0.25) is 0 Å². The van der Waals surface area contributed by atoms with E-state index in [1.165, 1.54) is 0 Å². The van der Waals surface area contributed by atoms with Gasteiger partial charge < -0.3 is 19.9 Å². The van der Waals surface area contributed by atoms with Gasteiger partial charge in [-0.2, -0.15) is 0 Å². The van der Waals surface area contributed by atoms with Gasteiger partial charge in [-0.3, -0.25) is 0 Å². The Kier molecular flexibility index (Phi) is 6.42. The highest BCUT2D eigenvalue weighted by atomic mass is 16.5. The summed E-state index contributed by atoms with van der Waals surface area (Å²) in [6.07, 6.45) is 0.104. The summed E-state index contributed by atoms with van der Waals surface area (Å²) in [6, 6.07) is 8.13. The second-order valence-electron chi connectivity index (χ2n) is 7.24. The zero-order chi connectivity index (χ0) is 18.4. The smallest absolute Gasteiger partial charge is 0.191 e. The maximum Gasteiger partial charge on any atom is 0.191 e. The van der Waals surface area contributed by atoms with E-state index in [0.717, 1.165) is 29.4 Å². The fraction of sp³-hybridized carbons (Fsp3) is 0.579. The lowest BCUT2D eigenvalue weighted by molar-refractivity contribution is 0.0205. The summed E-state index contributed by atoms with van der Waals surface area (Å²) >= 11 is 0. The van der Waals surface area contributed by atoms with E-state index in [2.05, 4.69) is 58.9 Å². The number of benzene rings is 1. The van der Waals surface area contributed by atoms with Crippen LogP contribution >= 0.6 is 0 Å². The lowest BCUT2D eigenvalue weighted by atomic mass is 9.89. The van der Waals surface area contributed by atoms with Crippen LogP contribution < -0.4 is 10.6 Å². The number of hydrogen-bond acceptors (Lipinski definition) is 3. The van der Waals surface area contributed by atoms with Crippen LogP contribution in [0.15, 0.2) is 29.3 Å². The number of rotatable bonds is 6. The first-order valence-corrected chi connectivity index (χ1v) is 8.82. The molecule has 25 heavy (non-hydrogen) atoms. The maximum atomic E-state index is 5.60. The first-order valence-electron chi connectivity index (χ1n) is 8.82. The highest BCUT2D eigenvalue weighted by Crippen LogP contribution is 2.21. The van der Waals surface area contributed by atoms with E-state index in [-0.39, 0.29) is 11.5 Å². The van der Waals surface area contributed by atoms with Crippen LogP contribution in [0.4, 0.5) is 0 Å². The van der Waals surface area contributed by atoms with Gasteiger partial charge in [-0.05, 0) is 24.5 Å². The summed E-state index contributed by atoms with van der Waals surface area (Å²) in [5, 5.41) is 6.66. The summed E-state index contributed by atoms with van der Waals surface area (Å²) < 4.78 is 7.70. The van der Waals surface area contributed by atoms with Gasteiger partial charge in [0.15, 0.2) is 5.96 Å². The average molecular weight is 345 g/mol. The summed E-state index contributed by atoms with van der Waals surface area (Å²) in [6.45, 7) is 10.6. The van der Waals surface area contributed by atoms with Gasteiger partial charge in [-0.15, -0.1) is 0 Å². The van der Waals surface area contributed by atoms with Crippen molar-refractivity contribution in [2.75, 3.05) is 20.2 Å². The van der Waals surface area contributed by atoms with Crippen molar-refractivity contribution in [2.24, 2.45) is 17.5 Å². The van der Waals surface area contributed by atoms with Crippen LogP contribution in [-0.4, -0.2) is 41.8 Å². The van der Waals surface area contributed by atoms with Crippen LogP contribution in [0.25, 0.3) is 11.0 Å². The lowest BCUT2D eigenvalue weighted by Gasteiger charge is -2.30. The first-order chi connectivity index (χ1) is 11.9. The first kappa shape index (κ1) is 19.2. The van der Waals surface area contributed by atoms with Crippen molar-refractivity contribution in [2.45, 2.75) is 40.3 Å². The number of aryl methyl sites for hydroxylation is 1. The number of imidazole rings is 1. The summed E-state index contributed by atoms with van der Waals surface area (Å²) in [7, 11) is 3.78. The topological polar surface area (TPSA) is 63.5 Å². The van der Waals surface area contributed by atoms with E-state index in [1.54, 1.807) is 7.11 Å². The van der Waals surface area contributed by atoms with Crippen molar-refractivity contribution in [3.05, 3.63) is 30.1 Å². The molecular formula is C19H31N5O. The van der Waals surface area contributed by atoms with Crippen LogP contribution in [0.2, 0.25) is 0 Å². The zero-order valence-electron chi connectivity index (χ0n) is 16.3. The van der Waals surface area contributed by atoms with Crippen molar-refractivity contribution in [3.8, 4) is 0 Å². The predicted octanol–water partition coefficient (Wildman–Crippen LogP) is 2.69. The number of nitrogens with one attached hydrogen (secondary N) is 2. The Bertz CT molecular complexity index is 714. The molecule has 6 nitrogen and oxygen atoms in total. The Morgan fingerprint density at radius 2 is 2.00 bits per heavy atom. The van der Waals surface area contributed by atoms with E-state index in [1.807, 2.05) is 25.2 Å². The highest BCUT2D eigenvalue weighted by molar-refractivity contribution is 5.80. The van der Waals surface area contributed by atoms with Crippen molar-refractivity contribution in [1.82, 2.24) is 20.2 Å². The zero-order valence-corrected chi connectivity index (χ0v) is 16.3. The number of fused-ring (bicyclic) bond motifs is 1. The minimum atomic E-state index is 0.0659. The van der Waals surface area contributed by atoms with E-state index >= 15 is 0 Å². The number of methoxy groups -OCH3 is 1. The Morgan fingerprint density at radius 1 is 1.28 bits per heavy atom. The average Bonchev–Trinajstić information content (AvgIpc) is 2.88. The van der Waals surface area contributed by atoms with Crippen molar-refractivity contribution in [1.29, 1.82) is 0 Å². The van der Waals surface area contributed by atoms with Gasteiger partial charge >= 0.3 is 0 Å². The molecule has 1 heterocycles. The quantitative estimate of drug-likeness (QED) is 0.624. The number of para-hydroxylation sites is 2. The fourth-order valence-corrected chi connectivity index (χ4v) is 2.76. The van der Waals surface area contributed by atoms with Gasteiger partial charge in [0.05, 0.1) is 17.1 Å². The van der Waals surface area contributed by atoms with Gasteiger partial charge in [0.25, 0.3) is 0 Å².